The molecule has 0 saturated carbocycles. The first-order chi connectivity index (χ1) is 9.35. The molecule has 1 aromatic rings. The molecule has 0 aliphatic heterocycles. The second kappa shape index (κ2) is 6.70. The van der Waals surface area contributed by atoms with E-state index >= 15 is 0 Å². The maximum atomic E-state index is 11.8. The fourth-order valence-corrected chi connectivity index (χ4v) is 1.59. The lowest BCUT2D eigenvalue weighted by atomic mass is 10.1. The molecule has 0 spiro atoms. The van der Waals surface area contributed by atoms with Gasteiger partial charge in [0, 0.05) is 24.2 Å². The minimum absolute atomic E-state index is 0.0251. The molecule has 1 rings (SSSR count). The van der Waals surface area contributed by atoms with Gasteiger partial charge in [-0.2, -0.15) is 10.5 Å². The summed E-state index contributed by atoms with van der Waals surface area (Å²) in [5.41, 5.74) is 1.07. The Morgan fingerprint density at radius 3 is 2.40 bits per heavy atom. The van der Waals surface area contributed by atoms with E-state index in [1.54, 1.807) is 6.07 Å². The van der Waals surface area contributed by atoms with Gasteiger partial charge in [0.05, 0.1) is 11.1 Å². The number of hydrogen-bond donors (Lipinski definition) is 2. The largest absolute Gasteiger partial charge is 0.326 e. The van der Waals surface area contributed by atoms with Crippen molar-refractivity contribution in [2.24, 2.45) is 0 Å². The van der Waals surface area contributed by atoms with Crippen LogP contribution in [0.3, 0.4) is 0 Å². The van der Waals surface area contributed by atoms with Gasteiger partial charge in [0.1, 0.15) is 12.1 Å². The molecule has 0 saturated heterocycles. The average Bonchev–Trinajstić information content (AvgIpc) is 2.37. The first-order valence-corrected chi connectivity index (χ1v) is 6.35. The van der Waals surface area contributed by atoms with Crippen molar-refractivity contribution in [3.8, 4) is 12.1 Å². The van der Waals surface area contributed by atoms with Gasteiger partial charge in [0.2, 0.25) is 5.91 Å². The van der Waals surface area contributed by atoms with Crippen LogP contribution < -0.4 is 10.6 Å². The summed E-state index contributed by atoms with van der Waals surface area (Å²) in [7, 11) is 0. The van der Waals surface area contributed by atoms with Crippen LogP contribution >= 0.6 is 0 Å². The Morgan fingerprint density at radius 1 is 1.20 bits per heavy atom. The summed E-state index contributed by atoms with van der Waals surface area (Å²) in [5, 5.41) is 23.7. The minimum Gasteiger partial charge on any atom is -0.326 e. The second-order valence-electron chi connectivity index (χ2n) is 5.46. The number of carbonyl (C=O) groups is 1. The number of amides is 1. The lowest BCUT2D eigenvalue weighted by Crippen LogP contribution is -2.37. The summed E-state index contributed by atoms with van der Waals surface area (Å²) in [4.78, 5) is 11.8. The Hall–Kier alpha value is -2.37. The monoisotopic (exact) mass is 270 g/mol. The van der Waals surface area contributed by atoms with E-state index in [0.29, 0.717) is 24.2 Å². The number of hydrogen-bond acceptors (Lipinski definition) is 4. The lowest BCUT2D eigenvalue weighted by molar-refractivity contribution is -0.116. The Morgan fingerprint density at radius 2 is 1.85 bits per heavy atom. The SMILES string of the molecule is CC(C)(C)NCCC(=O)Nc1ccc(C#N)c(C#N)c1. The molecule has 0 aliphatic rings. The van der Waals surface area contributed by atoms with E-state index in [-0.39, 0.29) is 17.0 Å². The van der Waals surface area contributed by atoms with Crippen LogP contribution in [0.25, 0.3) is 0 Å². The van der Waals surface area contributed by atoms with E-state index in [9.17, 15) is 4.79 Å². The summed E-state index contributed by atoms with van der Waals surface area (Å²) in [6.45, 7) is 6.68. The third kappa shape index (κ3) is 5.09. The normalized spacial score (nSPS) is 10.4. The number of nitrogens with zero attached hydrogens (tertiary/aromatic N) is 2. The maximum Gasteiger partial charge on any atom is 0.225 e. The van der Waals surface area contributed by atoms with Crippen LogP contribution in [0.1, 0.15) is 38.3 Å². The van der Waals surface area contributed by atoms with Crippen LogP contribution in [-0.2, 0) is 4.79 Å². The standard InChI is InChI=1S/C15H18N4O/c1-15(2,3)18-7-6-14(20)19-13-5-4-11(9-16)12(8-13)10-17/h4-5,8,18H,6-7H2,1-3H3,(H,19,20). The third-order valence-electron chi connectivity index (χ3n) is 2.55. The summed E-state index contributed by atoms with van der Waals surface area (Å²) in [6.07, 6.45) is 0.346. The minimum atomic E-state index is -0.129. The van der Waals surface area contributed by atoms with Crippen molar-refractivity contribution in [3.63, 3.8) is 0 Å². The van der Waals surface area contributed by atoms with Gasteiger partial charge in [-0.3, -0.25) is 4.79 Å². The van der Waals surface area contributed by atoms with E-state index < -0.39 is 0 Å². The van der Waals surface area contributed by atoms with Crippen LogP contribution in [-0.4, -0.2) is 18.0 Å². The Bertz CT molecular complexity index is 573. The van der Waals surface area contributed by atoms with E-state index in [2.05, 4.69) is 10.6 Å². The highest BCUT2D eigenvalue weighted by Crippen LogP contribution is 2.14. The quantitative estimate of drug-likeness (QED) is 0.877. The number of nitrogens with one attached hydrogen (secondary N) is 2. The molecule has 1 amide bonds. The van der Waals surface area contributed by atoms with Crippen molar-refractivity contribution >= 4 is 11.6 Å². The van der Waals surface area contributed by atoms with Crippen molar-refractivity contribution in [1.82, 2.24) is 5.32 Å². The average molecular weight is 270 g/mol. The van der Waals surface area contributed by atoms with Crippen molar-refractivity contribution in [1.29, 1.82) is 10.5 Å². The molecule has 0 unspecified atom stereocenters. The van der Waals surface area contributed by atoms with Gasteiger partial charge in [-0.25, -0.2) is 0 Å². The van der Waals surface area contributed by atoms with Gasteiger partial charge in [-0.1, -0.05) is 0 Å². The number of nitriles is 2. The smallest absolute Gasteiger partial charge is 0.225 e. The van der Waals surface area contributed by atoms with Gasteiger partial charge in [-0.15, -0.1) is 0 Å². The molecule has 0 heterocycles. The van der Waals surface area contributed by atoms with Crippen molar-refractivity contribution in [3.05, 3.63) is 29.3 Å². The molecule has 0 atom stereocenters. The van der Waals surface area contributed by atoms with Gasteiger partial charge in [-0.05, 0) is 39.0 Å². The maximum absolute atomic E-state index is 11.8. The molecule has 0 bridgehead atoms. The summed E-state index contributed by atoms with van der Waals surface area (Å²) in [5.74, 6) is -0.129. The predicted molar refractivity (Wildman–Crippen MR) is 76.9 cm³/mol. The Kier molecular flexibility index (Phi) is 5.25. The molecule has 5 heteroatoms. The zero-order chi connectivity index (χ0) is 15.2. The fourth-order valence-electron chi connectivity index (χ4n) is 1.59. The number of carbonyl (C=O) groups excluding carboxylic acids is 1. The highest BCUT2D eigenvalue weighted by Gasteiger charge is 2.10. The third-order valence-corrected chi connectivity index (χ3v) is 2.55. The number of anilines is 1. The molecule has 104 valence electrons. The van der Waals surface area contributed by atoms with Gasteiger partial charge in [0.25, 0.3) is 0 Å². The molecule has 0 aliphatic carbocycles. The zero-order valence-electron chi connectivity index (χ0n) is 11.9. The number of rotatable bonds is 4. The molecule has 20 heavy (non-hydrogen) atoms. The highest BCUT2D eigenvalue weighted by molar-refractivity contribution is 5.91. The summed E-state index contributed by atoms with van der Waals surface area (Å²) < 4.78 is 0. The lowest BCUT2D eigenvalue weighted by Gasteiger charge is -2.20. The van der Waals surface area contributed by atoms with Crippen molar-refractivity contribution in [2.75, 3.05) is 11.9 Å². The topological polar surface area (TPSA) is 88.7 Å². The first kappa shape index (κ1) is 15.7. The van der Waals surface area contributed by atoms with Gasteiger partial charge in [0.15, 0.2) is 0 Å². The molecule has 5 nitrogen and oxygen atoms in total. The first-order valence-electron chi connectivity index (χ1n) is 6.35. The van der Waals surface area contributed by atoms with Crippen molar-refractivity contribution < 1.29 is 4.79 Å². The molecule has 2 N–H and O–H groups in total. The zero-order valence-corrected chi connectivity index (χ0v) is 11.9. The van der Waals surface area contributed by atoms with Crippen LogP contribution in [0.15, 0.2) is 18.2 Å². The molecule has 0 radical (unpaired) electrons. The van der Waals surface area contributed by atoms with E-state index in [1.165, 1.54) is 12.1 Å². The summed E-state index contributed by atoms with van der Waals surface area (Å²) >= 11 is 0. The van der Waals surface area contributed by atoms with Crippen LogP contribution in [0.5, 0.6) is 0 Å². The van der Waals surface area contributed by atoms with Crippen LogP contribution in [0, 0.1) is 22.7 Å². The van der Waals surface area contributed by atoms with Crippen LogP contribution in [0.2, 0.25) is 0 Å². The Balaban J connectivity index is 2.59. The van der Waals surface area contributed by atoms with Gasteiger partial charge >= 0.3 is 0 Å². The number of benzene rings is 1. The van der Waals surface area contributed by atoms with E-state index in [1.807, 2.05) is 32.9 Å². The molecular formula is C15H18N4O. The predicted octanol–water partition coefficient (Wildman–Crippen LogP) is 2.15. The molecule has 1 aromatic carbocycles. The van der Waals surface area contributed by atoms with E-state index in [0.717, 1.165) is 0 Å². The Labute approximate surface area is 119 Å². The highest BCUT2D eigenvalue weighted by atomic mass is 16.1. The van der Waals surface area contributed by atoms with Crippen LogP contribution in [0.4, 0.5) is 5.69 Å². The molecule has 0 aromatic heterocycles. The van der Waals surface area contributed by atoms with E-state index in [4.69, 9.17) is 10.5 Å². The second-order valence-corrected chi connectivity index (χ2v) is 5.46. The van der Waals surface area contributed by atoms with Gasteiger partial charge < -0.3 is 10.6 Å². The molecular weight excluding hydrogens is 252 g/mol. The van der Waals surface area contributed by atoms with Crippen molar-refractivity contribution in [2.45, 2.75) is 32.7 Å². The fraction of sp³-hybridized carbons (Fsp3) is 0.400. The summed E-state index contributed by atoms with van der Waals surface area (Å²) in [6, 6.07) is 8.53. The molecule has 0 fully saturated rings.